The van der Waals surface area contributed by atoms with Gasteiger partial charge < -0.3 is 14.8 Å². The van der Waals surface area contributed by atoms with Gasteiger partial charge in [0.25, 0.3) is 0 Å². The van der Waals surface area contributed by atoms with Crippen molar-refractivity contribution in [3.63, 3.8) is 0 Å². The summed E-state index contributed by atoms with van der Waals surface area (Å²) < 4.78 is 14.3. The van der Waals surface area contributed by atoms with Gasteiger partial charge in [-0.1, -0.05) is 0 Å². The average molecular weight is 228 g/mol. The summed E-state index contributed by atoms with van der Waals surface area (Å²) in [6.45, 7) is 2.79. The van der Waals surface area contributed by atoms with Crippen LogP contribution in [0.3, 0.4) is 0 Å². The van der Waals surface area contributed by atoms with Gasteiger partial charge in [0.15, 0.2) is 0 Å². The maximum absolute atomic E-state index is 11.8. The highest BCUT2D eigenvalue weighted by molar-refractivity contribution is 7.10. The molecule has 1 aliphatic heterocycles. The molecular weight excluding hydrogens is 216 g/mol. The Labute approximate surface area is 91.6 Å². The van der Waals surface area contributed by atoms with Crippen LogP contribution >= 0.6 is 11.5 Å². The molecule has 1 aromatic heterocycles. The predicted molar refractivity (Wildman–Crippen MR) is 56.4 cm³/mol. The minimum atomic E-state index is -0.320. The molecule has 0 bridgehead atoms. The number of ether oxygens (including phenoxy) is 2. The number of aromatic nitrogens is 1. The molecular formula is C9H12N2O3S. The first-order chi connectivity index (χ1) is 7.22. The van der Waals surface area contributed by atoms with Crippen molar-refractivity contribution < 1.29 is 14.3 Å². The van der Waals surface area contributed by atoms with Gasteiger partial charge >= 0.3 is 5.97 Å². The third-order valence-electron chi connectivity index (χ3n) is 2.18. The van der Waals surface area contributed by atoms with Crippen molar-refractivity contribution in [3.05, 3.63) is 11.3 Å². The molecule has 0 atom stereocenters. The van der Waals surface area contributed by atoms with Crippen LogP contribution in [0.15, 0.2) is 0 Å². The van der Waals surface area contributed by atoms with Crippen molar-refractivity contribution in [1.82, 2.24) is 4.37 Å². The number of hydrogen-bond acceptors (Lipinski definition) is 6. The van der Waals surface area contributed by atoms with Crippen LogP contribution in [-0.2, 0) is 9.47 Å². The van der Waals surface area contributed by atoms with Crippen molar-refractivity contribution in [3.8, 4) is 0 Å². The predicted octanol–water partition coefficient (Wildman–Crippen LogP) is 1.05. The van der Waals surface area contributed by atoms with E-state index in [1.807, 2.05) is 0 Å². The van der Waals surface area contributed by atoms with Crippen LogP contribution in [0.4, 0.5) is 5.00 Å². The van der Waals surface area contributed by atoms with Gasteiger partial charge in [-0.05, 0) is 18.5 Å². The number of esters is 1. The third kappa shape index (κ3) is 1.95. The number of rotatable bonds is 3. The third-order valence-corrected chi connectivity index (χ3v) is 3.13. The molecule has 0 aromatic carbocycles. The zero-order valence-corrected chi connectivity index (χ0v) is 9.39. The molecule has 1 fully saturated rings. The number of carbonyl (C=O) groups is 1. The summed E-state index contributed by atoms with van der Waals surface area (Å²) in [7, 11) is 1.76. The maximum atomic E-state index is 11.8. The Hall–Kier alpha value is -1.14. The second kappa shape index (κ2) is 4.16. The molecule has 0 aliphatic carbocycles. The lowest BCUT2D eigenvalue weighted by Crippen LogP contribution is -2.37. The Kier molecular flexibility index (Phi) is 2.88. The van der Waals surface area contributed by atoms with Crippen molar-refractivity contribution in [2.75, 3.05) is 25.6 Å². The molecule has 0 spiro atoms. The van der Waals surface area contributed by atoms with Crippen LogP contribution in [0.25, 0.3) is 0 Å². The second-order valence-electron chi connectivity index (χ2n) is 3.29. The molecule has 15 heavy (non-hydrogen) atoms. The van der Waals surface area contributed by atoms with E-state index in [1.54, 1.807) is 14.0 Å². The summed E-state index contributed by atoms with van der Waals surface area (Å²) in [6, 6.07) is 0. The van der Waals surface area contributed by atoms with Gasteiger partial charge in [-0.3, -0.25) is 0 Å². The minimum Gasteiger partial charge on any atom is -0.454 e. The van der Waals surface area contributed by atoms with Gasteiger partial charge in [-0.2, -0.15) is 4.37 Å². The number of nitrogens with zero attached hydrogens (tertiary/aromatic N) is 1. The van der Waals surface area contributed by atoms with E-state index < -0.39 is 0 Å². The van der Waals surface area contributed by atoms with Crippen LogP contribution in [0.2, 0.25) is 0 Å². The molecule has 0 unspecified atom stereocenters. The molecule has 1 aromatic rings. The number of carbonyl (C=O) groups excluding carboxylic acids is 1. The number of hydrogen-bond donors (Lipinski definition) is 1. The van der Waals surface area contributed by atoms with E-state index in [1.165, 1.54) is 11.5 Å². The monoisotopic (exact) mass is 228 g/mol. The highest BCUT2D eigenvalue weighted by Gasteiger charge is 2.26. The number of nitrogens with one attached hydrogen (secondary N) is 1. The van der Waals surface area contributed by atoms with E-state index in [0.717, 1.165) is 5.00 Å². The first-order valence-electron chi connectivity index (χ1n) is 4.65. The fraction of sp³-hybridized carbons (Fsp3) is 0.556. The van der Waals surface area contributed by atoms with E-state index in [9.17, 15) is 4.79 Å². The van der Waals surface area contributed by atoms with E-state index in [0.29, 0.717) is 24.5 Å². The maximum Gasteiger partial charge on any atom is 0.343 e. The molecule has 82 valence electrons. The van der Waals surface area contributed by atoms with E-state index in [2.05, 4.69) is 9.69 Å². The van der Waals surface area contributed by atoms with Crippen LogP contribution in [-0.4, -0.2) is 36.7 Å². The van der Waals surface area contributed by atoms with Crippen LogP contribution in [0, 0.1) is 6.92 Å². The molecule has 2 heterocycles. The molecule has 1 N–H and O–H groups in total. The van der Waals surface area contributed by atoms with Gasteiger partial charge in [0.05, 0.1) is 18.9 Å². The second-order valence-corrected chi connectivity index (χ2v) is 4.06. The van der Waals surface area contributed by atoms with Gasteiger partial charge in [0, 0.05) is 7.05 Å². The lowest BCUT2D eigenvalue weighted by atomic mass is 10.2. The lowest BCUT2D eigenvalue weighted by Gasteiger charge is -2.25. The molecule has 1 saturated heterocycles. The van der Waals surface area contributed by atoms with Crippen LogP contribution in [0.1, 0.15) is 16.1 Å². The van der Waals surface area contributed by atoms with Crippen molar-refractivity contribution >= 4 is 22.5 Å². The van der Waals surface area contributed by atoms with Crippen LogP contribution in [0.5, 0.6) is 0 Å². The zero-order chi connectivity index (χ0) is 10.8. The molecule has 6 heteroatoms. The topological polar surface area (TPSA) is 60.5 Å². The first kappa shape index (κ1) is 10.4. The highest BCUT2D eigenvalue weighted by atomic mass is 32.1. The lowest BCUT2D eigenvalue weighted by molar-refractivity contribution is -0.103. The molecule has 1 aliphatic rings. The smallest absolute Gasteiger partial charge is 0.343 e. The molecule has 0 radical (unpaired) electrons. The standard InChI is InChI=1S/C9H12N2O3S/c1-5-7(8(10-2)15-11-5)9(12)14-6-3-13-4-6/h6,10H,3-4H2,1-2H3. The minimum absolute atomic E-state index is 0.0958. The Bertz CT molecular complexity index is 373. The zero-order valence-electron chi connectivity index (χ0n) is 8.57. The fourth-order valence-corrected chi connectivity index (χ4v) is 2.01. The van der Waals surface area contributed by atoms with Crippen molar-refractivity contribution in [1.29, 1.82) is 0 Å². The first-order valence-corrected chi connectivity index (χ1v) is 5.42. The Balaban J connectivity index is 2.12. The van der Waals surface area contributed by atoms with E-state index >= 15 is 0 Å². The average Bonchev–Trinajstić information content (AvgIpc) is 2.53. The van der Waals surface area contributed by atoms with Crippen molar-refractivity contribution in [2.24, 2.45) is 0 Å². The summed E-state index contributed by atoms with van der Waals surface area (Å²) in [5.74, 6) is -0.320. The molecule has 0 amide bonds. The fourth-order valence-electron chi connectivity index (χ4n) is 1.27. The van der Waals surface area contributed by atoms with Crippen molar-refractivity contribution in [2.45, 2.75) is 13.0 Å². The summed E-state index contributed by atoms with van der Waals surface area (Å²) in [5.41, 5.74) is 1.24. The van der Waals surface area contributed by atoms with Gasteiger partial charge in [-0.15, -0.1) is 0 Å². The number of anilines is 1. The molecule has 0 saturated carbocycles. The molecule has 2 rings (SSSR count). The van der Waals surface area contributed by atoms with Crippen LogP contribution < -0.4 is 5.32 Å². The molecule has 5 nitrogen and oxygen atoms in total. The normalized spacial score (nSPS) is 15.9. The largest absolute Gasteiger partial charge is 0.454 e. The summed E-state index contributed by atoms with van der Waals surface area (Å²) >= 11 is 1.26. The quantitative estimate of drug-likeness (QED) is 0.783. The highest BCUT2D eigenvalue weighted by Crippen LogP contribution is 2.25. The van der Waals surface area contributed by atoms with E-state index in [4.69, 9.17) is 9.47 Å². The number of aryl methyl sites for hydroxylation is 1. The van der Waals surface area contributed by atoms with Gasteiger partial charge in [0.1, 0.15) is 16.7 Å². The summed E-state index contributed by atoms with van der Waals surface area (Å²) in [6.07, 6.45) is -0.0958. The van der Waals surface area contributed by atoms with Gasteiger partial charge in [0.2, 0.25) is 0 Å². The van der Waals surface area contributed by atoms with Gasteiger partial charge in [-0.25, -0.2) is 4.79 Å². The Morgan fingerprint density at radius 1 is 1.67 bits per heavy atom. The summed E-state index contributed by atoms with van der Waals surface area (Å²) in [5, 5.41) is 3.68. The SMILES string of the molecule is CNc1snc(C)c1C(=O)OC1COC1. The summed E-state index contributed by atoms with van der Waals surface area (Å²) in [4.78, 5) is 11.8. The van der Waals surface area contributed by atoms with E-state index in [-0.39, 0.29) is 12.1 Å². The Morgan fingerprint density at radius 2 is 2.40 bits per heavy atom. The Morgan fingerprint density at radius 3 is 2.93 bits per heavy atom.